The monoisotopic (exact) mass is 469 g/mol. The van der Waals surface area contributed by atoms with Crippen molar-refractivity contribution in [1.82, 2.24) is 4.57 Å². The molecule has 0 aliphatic rings. The van der Waals surface area contributed by atoms with Crippen molar-refractivity contribution < 1.29 is 17.6 Å². The third kappa shape index (κ3) is 4.21. The molecule has 0 radical (unpaired) electrons. The minimum atomic E-state index is -3.87. The number of fused-ring (bicyclic) bond motifs is 1. The molecule has 0 fully saturated rings. The van der Waals surface area contributed by atoms with Gasteiger partial charge in [-0.05, 0) is 79.6 Å². The Morgan fingerprint density at radius 1 is 1.00 bits per heavy atom. The number of rotatable bonds is 4. The van der Waals surface area contributed by atoms with Gasteiger partial charge in [0, 0.05) is 18.3 Å². The van der Waals surface area contributed by atoms with E-state index in [9.17, 15) is 17.6 Å². The molecule has 3 aromatic carbocycles. The van der Waals surface area contributed by atoms with Gasteiger partial charge in [0.15, 0.2) is 4.80 Å². The van der Waals surface area contributed by atoms with Gasteiger partial charge >= 0.3 is 0 Å². The summed E-state index contributed by atoms with van der Waals surface area (Å²) in [6.07, 6.45) is 0. The van der Waals surface area contributed by atoms with Crippen LogP contribution in [0.4, 0.5) is 10.1 Å². The van der Waals surface area contributed by atoms with Crippen molar-refractivity contribution in [1.29, 1.82) is 0 Å². The van der Waals surface area contributed by atoms with E-state index in [0.717, 1.165) is 27.9 Å². The molecule has 0 bridgehead atoms. The van der Waals surface area contributed by atoms with Gasteiger partial charge in [0.2, 0.25) is 0 Å². The molecule has 0 aliphatic heterocycles. The van der Waals surface area contributed by atoms with Crippen molar-refractivity contribution in [2.45, 2.75) is 18.7 Å². The highest BCUT2D eigenvalue weighted by molar-refractivity contribution is 7.92. The molecule has 4 rings (SSSR count). The fourth-order valence-corrected chi connectivity index (χ4v) is 5.43. The summed E-state index contributed by atoms with van der Waals surface area (Å²) in [4.78, 5) is 17.5. The first-order valence-electron chi connectivity index (χ1n) is 9.69. The normalized spacial score (nSPS) is 12.3. The summed E-state index contributed by atoms with van der Waals surface area (Å²) in [7, 11) is -1.99. The molecule has 4 aromatic rings. The minimum absolute atomic E-state index is 0.0585. The van der Waals surface area contributed by atoms with Gasteiger partial charge in [0.05, 0.1) is 15.1 Å². The van der Waals surface area contributed by atoms with Crippen LogP contribution in [0.25, 0.3) is 10.2 Å². The van der Waals surface area contributed by atoms with Gasteiger partial charge in [-0.1, -0.05) is 17.4 Å². The number of hydrogen-bond donors (Lipinski definition) is 1. The maximum absolute atomic E-state index is 13.0. The Bertz CT molecular complexity index is 1500. The lowest BCUT2D eigenvalue weighted by atomic mass is 10.1. The fourth-order valence-electron chi connectivity index (χ4n) is 3.30. The Labute approximate surface area is 188 Å². The molecule has 0 unspecified atom stereocenters. The van der Waals surface area contributed by atoms with Crippen LogP contribution >= 0.6 is 11.3 Å². The van der Waals surface area contributed by atoms with Crippen LogP contribution in [0.1, 0.15) is 21.5 Å². The molecule has 9 heteroatoms. The predicted octanol–water partition coefficient (Wildman–Crippen LogP) is 4.54. The van der Waals surface area contributed by atoms with Crippen LogP contribution in [0.2, 0.25) is 0 Å². The largest absolute Gasteiger partial charge is 0.319 e. The van der Waals surface area contributed by atoms with E-state index >= 15 is 0 Å². The molecule has 0 atom stereocenters. The van der Waals surface area contributed by atoms with Gasteiger partial charge < -0.3 is 4.57 Å². The first-order valence-corrected chi connectivity index (χ1v) is 12.0. The summed E-state index contributed by atoms with van der Waals surface area (Å²) in [5.74, 6) is -0.942. The van der Waals surface area contributed by atoms with Gasteiger partial charge in [0.1, 0.15) is 5.82 Å². The minimum Gasteiger partial charge on any atom is -0.319 e. The summed E-state index contributed by atoms with van der Waals surface area (Å²) in [5, 5.41) is 0. The Kier molecular flexibility index (Phi) is 5.70. The molecular formula is C23H20FN3O3S2. The number of nitrogens with one attached hydrogen (secondary N) is 1. The molecule has 0 saturated carbocycles. The topological polar surface area (TPSA) is 80.5 Å². The summed E-state index contributed by atoms with van der Waals surface area (Å²) >= 11 is 1.44. The van der Waals surface area contributed by atoms with E-state index < -0.39 is 21.7 Å². The number of nitrogens with zero attached hydrogens (tertiary/aromatic N) is 2. The van der Waals surface area contributed by atoms with Crippen molar-refractivity contribution in [3.63, 3.8) is 0 Å². The number of halogens is 1. The first kappa shape index (κ1) is 21.9. The Morgan fingerprint density at radius 2 is 1.66 bits per heavy atom. The van der Waals surface area contributed by atoms with Crippen molar-refractivity contribution >= 4 is 43.2 Å². The molecule has 6 nitrogen and oxygen atoms in total. The van der Waals surface area contributed by atoms with E-state index in [2.05, 4.69) is 9.71 Å². The van der Waals surface area contributed by atoms with Crippen LogP contribution in [0.5, 0.6) is 0 Å². The highest BCUT2D eigenvalue weighted by atomic mass is 32.2. The van der Waals surface area contributed by atoms with Crippen molar-refractivity contribution in [2.75, 3.05) is 4.72 Å². The maximum atomic E-state index is 13.0. The van der Waals surface area contributed by atoms with Gasteiger partial charge in [0.25, 0.3) is 15.9 Å². The first-order chi connectivity index (χ1) is 15.2. The number of thiazole rings is 1. The molecule has 1 aromatic heterocycles. The second-order valence-corrected chi connectivity index (χ2v) is 10.0. The summed E-state index contributed by atoms with van der Waals surface area (Å²) in [5.41, 5.74) is 3.98. The number of carbonyl (C=O) groups is 1. The Morgan fingerprint density at radius 3 is 2.31 bits per heavy atom. The van der Waals surface area contributed by atoms with Crippen molar-refractivity contribution in [3.8, 4) is 0 Å². The average molecular weight is 470 g/mol. The third-order valence-corrected chi connectivity index (χ3v) is 7.69. The van der Waals surface area contributed by atoms with Crippen LogP contribution in [0.3, 0.4) is 0 Å². The van der Waals surface area contributed by atoms with Crippen LogP contribution in [-0.4, -0.2) is 18.9 Å². The quantitative estimate of drug-likeness (QED) is 0.477. The van der Waals surface area contributed by atoms with Gasteiger partial charge in [-0.15, -0.1) is 0 Å². The van der Waals surface area contributed by atoms with E-state index in [1.54, 1.807) is 0 Å². The smallest absolute Gasteiger partial charge is 0.279 e. The second-order valence-electron chi connectivity index (χ2n) is 7.35. The third-order valence-electron chi connectivity index (χ3n) is 5.19. The molecule has 164 valence electrons. The van der Waals surface area contributed by atoms with Gasteiger partial charge in [-0.25, -0.2) is 12.8 Å². The number of sulfonamides is 1. The molecule has 1 amide bonds. The predicted molar refractivity (Wildman–Crippen MR) is 124 cm³/mol. The van der Waals surface area contributed by atoms with Gasteiger partial charge in [-0.3, -0.25) is 9.52 Å². The van der Waals surface area contributed by atoms with Crippen molar-refractivity contribution in [3.05, 3.63) is 88.0 Å². The number of hydrogen-bond acceptors (Lipinski definition) is 4. The number of aromatic nitrogens is 1. The number of benzene rings is 3. The Balaban J connectivity index is 1.59. The summed E-state index contributed by atoms with van der Waals surface area (Å²) in [6, 6.07) is 14.6. The lowest BCUT2D eigenvalue weighted by molar-refractivity contribution is 0.0998. The lowest BCUT2D eigenvalue weighted by Crippen LogP contribution is -2.14. The zero-order valence-electron chi connectivity index (χ0n) is 17.6. The highest BCUT2D eigenvalue weighted by Gasteiger charge is 2.15. The summed E-state index contributed by atoms with van der Waals surface area (Å²) in [6.45, 7) is 4.09. The SMILES string of the molecule is Cc1ccc2sc(=NC(=O)c3ccc(NS(=O)(=O)c4ccc(F)cc4)cc3)n(C)c2c1C. The molecule has 0 spiro atoms. The van der Waals surface area contributed by atoms with Crippen LogP contribution in [-0.2, 0) is 17.1 Å². The van der Waals surface area contributed by atoms with E-state index in [1.807, 2.05) is 37.6 Å². The van der Waals surface area contributed by atoms with E-state index in [0.29, 0.717) is 10.4 Å². The number of amides is 1. The average Bonchev–Trinajstić information content (AvgIpc) is 3.07. The fraction of sp³-hybridized carbons (Fsp3) is 0.130. The van der Waals surface area contributed by atoms with Crippen LogP contribution < -0.4 is 9.52 Å². The van der Waals surface area contributed by atoms with Gasteiger partial charge in [-0.2, -0.15) is 4.99 Å². The standard InChI is InChI=1S/C23H20FN3O3S2/c1-14-4-13-20-21(15(14)2)27(3)23(31-20)25-22(28)16-5-9-18(10-6-16)26-32(29,30)19-11-7-17(24)8-12-19/h4-13,26H,1-3H3. The molecular weight excluding hydrogens is 449 g/mol. The van der Waals surface area contributed by atoms with E-state index in [1.165, 1.54) is 53.3 Å². The van der Waals surface area contributed by atoms with E-state index in [4.69, 9.17) is 0 Å². The van der Waals surface area contributed by atoms with E-state index in [-0.39, 0.29) is 10.6 Å². The molecule has 0 aliphatic carbocycles. The highest BCUT2D eigenvalue weighted by Crippen LogP contribution is 2.23. The molecule has 1 N–H and O–H groups in total. The summed E-state index contributed by atoms with van der Waals surface area (Å²) < 4.78 is 43.3. The Hall–Kier alpha value is -3.30. The lowest BCUT2D eigenvalue weighted by Gasteiger charge is -2.08. The zero-order valence-corrected chi connectivity index (χ0v) is 19.2. The maximum Gasteiger partial charge on any atom is 0.279 e. The number of aryl methyl sites for hydroxylation is 3. The van der Waals surface area contributed by atoms with Crippen LogP contribution in [0.15, 0.2) is 70.6 Å². The molecule has 0 saturated heterocycles. The molecule has 1 heterocycles. The van der Waals surface area contributed by atoms with Crippen LogP contribution in [0, 0.1) is 19.7 Å². The van der Waals surface area contributed by atoms with Crippen molar-refractivity contribution in [2.24, 2.45) is 12.0 Å². The zero-order chi connectivity index (χ0) is 23.0. The second kappa shape index (κ2) is 8.33. The molecule has 32 heavy (non-hydrogen) atoms. The number of anilines is 1. The number of carbonyl (C=O) groups excluding carboxylic acids is 1.